The van der Waals surface area contributed by atoms with Crippen LogP contribution in [0, 0.1) is 11.3 Å². The summed E-state index contributed by atoms with van der Waals surface area (Å²) in [7, 11) is 0. The number of pyridine rings is 1. The second-order valence-electron chi connectivity index (χ2n) is 4.29. The molecule has 0 unspecified atom stereocenters. The third kappa shape index (κ3) is 1.93. The van der Waals surface area contributed by atoms with Crippen LogP contribution in [0.4, 0.5) is 5.82 Å². The summed E-state index contributed by atoms with van der Waals surface area (Å²) >= 11 is 0. The van der Waals surface area contributed by atoms with Gasteiger partial charge in [-0.15, -0.1) is 0 Å². The third-order valence-electron chi connectivity index (χ3n) is 3.09. The topological polar surface area (TPSA) is 74.7 Å². The molecule has 1 N–H and O–H groups in total. The number of nitrogens with zero attached hydrogens (tertiary/aromatic N) is 3. The van der Waals surface area contributed by atoms with Gasteiger partial charge in [0.15, 0.2) is 5.76 Å². The third-order valence-corrected chi connectivity index (χ3v) is 3.09. The first-order valence-electron chi connectivity index (χ1n) is 5.93. The van der Waals surface area contributed by atoms with Crippen LogP contribution >= 0.6 is 0 Å². The van der Waals surface area contributed by atoms with Gasteiger partial charge in [-0.2, -0.15) is 5.26 Å². The quantitative estimate of drug-likeness (QED) is 0.888. The van der Waals surface area contributed by atoms with E-state index in [-0.39, 0.29) is 0 Å². The van der Waals surface area contributed by atoms with Gasteiger partial charge in [0.1, 0.15) is 11.9 Å². The highest BCUT2D eigenvalue weighted by atomic mass is 16.5. The van der Waals surface area contributed by atoms with E-state index in [1.807, 2.05) is 6.07 Å². The van der Waals surface area contributed by atoms with Crippen LogP contribution < -0.4 is 5.32 Å². The number of aryl methyl sites for hydroxylation is 2. The second-order valence-corrected chi connectivity index (χ2v) is 4.29. The minimum absolute atomic E-state index is 0.487. The lowest BCUT2D eigenvalue weighted by molar-refractivity contribution is 0.388. The van der Waals surface area contributed by atoms with Gasteiger partial charge in [0.25, 0.3) is 0 Å². The minimum Gasteiger partial charge on any atom is -0.362 e. The van der Waals surface area contributed by atoms with E-state index in [0.29, 0.717) is 17.9 Å². The van der Waals surface area contributed by atoms with E-state index in [0.717, 1.165) is 30.7 Å². The Balaban J connectivity index is 1.85. The van der Waals surface area contributed by atoms with Crippen molar-refractivity contribution in [2.45, 2.75) is 25.8 Å². The van der Waals surface area contributed by atoms with E-state index >= 15 is 0 Å². The Labute approximate surface area is 104 Å². The average molecular weight is 240 g/mol. The van der Waals surface area contributed by atoms with E-state index in [1.54, 1.807) is 12.3 Å². The molecule has 0 saturated carbocycles. The summed E-state index contributed by atoms with van der Waals surface area (Å²) in [6.45, 7) is 0.487. The monoisotopic (exact) mass is 240 g/mol. The Hall–Kier alpha value is -2.35. The van der Waals surface area contributed by atoms with Crippen molar-refractivity contribution in [1.29, 1.82) is 5.26 Å². The van der Waals surface area contributed by atoms with Crippen LogP contribution in [0.3, 0.4) is 0 Å². The largest absolute Gasteiger partial charge is 0.362 e. The lowest BCUT2D eigenvalue weighted by Crippen LogP contribution is -2.05. The number of fused-ring (bicyclic) bond motifs is 1. The van der Waals surface area contributed by atoms with Crippen LogP contribution in [-0.4, -0.2) is 10.1 Å². The van der Waals surface area contributed by atoms with E-state index in [9.17, 15) is 0 Å². The molecule has 1 aliphatic carbocycles. The van der Waals surface area contributed by atoms with Crippen molar-refractivity contribution in [1.82, 2.24) is 10.1 Å². The molecule has 2 aromatic rings. The smallest absolute Gasteiger partial charge is 0.155 e. The van der Waals surface area contributed by atoms with Gasteiger partial charge < -0.3 is 9.84 Å². The van der Waals surface area contributed by atoms with Gasteiger partial charge in [-0.1, -0.05) is 5.16 Å². The number of aromatic nitrogens is 2. The fourth-order valence-corrected chi connectivity index (χ4v) is 2.20. The Morgan fingerprint density at radius 3 is 3.17 bits per heavy atom. The molecule has 0 amide bonds. The molecule has 3 rings (SSSR count). The zero-order valence-electron chi connectivity index (χ0n) is 9.81. The maximum Gasteiger partial charge on any atom is 0.155 e. The van der Waals surface area contributed by atoms with Gasteiger partial charge >= 0.3 is 0 Å². The first kappa shape index (κ1) is 10.8. The second kappa shape index (κ2) is 4.49. The summed E-state index contributed by atoms with van der Waals surface area (Å²) < 4.78 is 5.00. The fraction of sp³-hybridized carbons (Fsp3) is 0.308. The number of hydrogen-bond acceptors (Lipinski definition) is 5. The van der Waals surface area contributed by atoms with Gasteiger partial charge in [0.05, 0.1) is 18.3 Å². The fourth-order valence-electron chi connectivity index (χ4n) is 2.20. The molecule has 0 saturated heterocycles. The molecule has 0 aromatic carbocycles. The highest BCUT2D eigenvalue weighted by Gasteiger charge is 2.16. The molecular formula is C13H12N4O. The number of nitriles is 1. The molecule has 90 valence electrons. The van der Waals surface area contributed by atoms with Crippen molar-refractivity contribution in [3.8, 4) is 6.07 Å². The molecule has 18 heavy (non-hydrogen) atoms. The highest BCUT2D eigenvalue weighted by Crippen LogP contribution is 2.25. The maximum absolute atomic E-state index is 9.14. The lowest BCUT2D eigenvalue weighted by Gasteiger charge is -2.08. The Kier molecular flexibility index (Phi) is 2.69. The molecule has 1 aliphatic rings. The maximum atomic E-state index is 9.14. The van der Waals surface area contributed by atoms with Crippen molar-refractivity contribution in [3.63, 3.8) is 0 Å². The Morgan fingerprint density at radius 1 is 1.44 bits per heavy atom. The summed E-state index contributed by atoms with van der Waals surface area (Å²) in [5, 5.41) is 15.9. The minimum atomic E-state index is 0.487. The first-order chi connectivity index (χ1) is 8.86. The molecule has 0 atom stereocenters. The number of hydrogen-bond donors (Lipinski definition) is 1. The Morgan fingerprint density at radius 2 is 2.39 bits per heavy atom. The van der Waals surface area contributed by atoms with Crippen molar-refractivity contribution in [2.24, 2.45) is 0 Å². The average Bonchev–Trinajstić information content (AvgIpc) is 3.05. The van der Waals surface area contributed by atoms with Gasteiger partial charge in [-0.3, -0.25) is 0 Å². The summed E-state index contributed by atoms with van der Waals surface area (Å²) in [5.41, 5.74) is 2.90. The molecule has 5 nitrogen and oxygen atoms in total. The molecular weight excluding hydrogens is 228 g/mol. The zero-order chi connectivity index (χ0) is 12.4. The molecule has 5 heteroatoms. The van der Waals surface area contributed by atoms with Gasteiger partial charge in [0.2, 0.25) is 0 Å². The predicted molar refractivity (Wildman–Crippen MR) is 64.8 cm³/mol. The van der Waals surface area contributed by atoms with Crippen molar-refractivity contribution >= 4 is 5.82 Å². The van der Waals surface area contributed by atoms with Crippen LogP contribution in [0.5, 0.6) is 0 Å². The summed E-state index contributed by atoms with van der Waals surface area (Å²) in [6, 6.07) is 5.91. The molecule has 0 aliphatic heterocycles. The predicted octanol–water partition coefficient (Wildman–Crippen LogP) is 2.04. The molecule has 0 spiro atoms. The first-order valence-corrected chi connectivity index (χ1v) is 5.93. The van der Waals surface area contributed by atoms with Gasteiger partial charge in [-0.05, 0) is 30.9 Å². The van der Waals surface area contributed by atoms with E-state index in [1.165, 1.54) is 5.56 Å². The molecule has 0 radical (unpaired) electrons. The number of anilines is 1. The van der Waals surface area contributed by atoms with Crippen molar-refractivity contribution in [3.05, 3.63) is 40.9 Å². The standard InChI is InChI=1S/C13H12N4O/c14-7-10-6-9-2-1-3-12(9)17-13(10)15-8-11-4-5-16-18-11/h4-6H,1-3,8H2,(H,15,17). The summed E-state index contributed by atoms with van der Waals surface area (Å²) in [6.07, 6.45) is 4.74. The van der Waals surface area contributed by atoms with Gasteiger partial charge in [-0.25, -0.2) is 4.98 Å². The number of nitrogens with one attached hydrogen (secondary N) is 1. The SMILES string of the molecule is N#Cc1cc2c(nc1NCc1ccno1)CCC2. The molecule has 2 heterocycles. The zero-order valence-corrected chi connectivity index (χ0v) is 9.81. The van der Waals surface area contributed by atoms with Crippen LogP contribution in [-0.2, 0) is 19.4 Å². The van der Waals surface area contributed by atoms with Crippen LogP contribution in [0.1, 0.15) is 29.0 Å². The molecule has 0 bridgehead atoms. The van der Waals surface area contributed by atoms with E-state index in [4.69, 9.17) is 9.78 Å². The van der Waals surface area contributed by atoms with Gasteiger partial charge in [0, 0.05) is 11.8 Å². The van der Waals surface area contributed by atoms with Crippen LogP contribution in [0.25, 0.3) is 0 Å². The van der Waals surface area contributed by atoms with Crippen molar-refractivity contribution < 1.29 is 4.52 Å². The van der Waals surface area contributed by atoms with Crippen LogP contribution in [0.2, 0.25) is 0 Å². The van der Waals surface area contributed by atoms with Crippen LogP contribution in [0.15, 0.2) is 22.9 Å². The van der Waals surface area contributed by atoms with E-state index in [2.05, 4.69) is 21.5 Å². The van der Waals surface area contributed by atoms with E-state index < -0.39 is 0 Å². The Bertz CT molecular complexity index is 598. The normalized spacial score (nSPS) is 13.1. The molecule has 2 aromatic heterocycles. The summed E-state index contributed by atoms with van der Waals surface area (Å²) in [4.78, 5) is 4.53. The molecule has 0 fully saturated rings. The number of rotatable bonds is 3. The highest BCUT2D eigenvalue weighted by molar-refractivity contribution is 5.55. The summed E-state index contributed by atoms with van der Waals surface area (Å²) in [5.74, 6) is 1.36. The lowest BCUT2D eigenvalue weighted by atomic mass is 10.1. The van der Waals surface area contributed by atoms with Crippen molar-refractivity contribution in [2.75, 3.05) is 5.32 Å².